The molecule has 1 aromatic carbocycles. The minimum absolute atomic E-state index is 0.0896. The molecule has 26 heavy (non-hydrogen) atoms. The Balaban J connectivity index is 1.66. The van der Waals surface area contributed by atoms with Gasteiger partial charge in [-0.05, 0) is 30.2 Å². The minimum Gasteiger partial charge on any atom is -0.385 e. The average Bonchev–Trinajstić information content (AvgIpc) is 3.16. The molecular formula is C21H20N4O. The van der Waals surface area contributed by atoms with Gasteiger partial charge in [-0.3, -0.25) is 9.78 Å². The van der Waals surface area contributed by atoms with Crippen molar-refractivity contribution in [1.82, 2.24) is 9.88 Å². The second kappa shape index (κ2) is 6.30. The number of fused-ring (bicyclic) bond motifs is 2. The molecule has 5 heteroatoms. The molecule has 0 saturated carbocycles. The molecule has 1 aliphatic heterocycles. The highest BCUT2D eigenvalue weighted by Gasteiger charge is 2.25. The van der Waals surface area contributed by atoms with E-state index in [0.717, 1.165) is 45.9 Å². The first-order valence-corrected chi connectivity index (χ1v) is 8.85. The fraction of sp³-hybridized carbons (Fsp3) is 0.286. The van der Waals surface area contributed by atoms with E-state index in [4.69, 9.17) is 4.98 Å². The van der Waals surface area contributed by atoms with Crippen molar-refractivity contribution in [2.45, 2.75) is 26.3 Å². The van der Waals surface area contributed by atoms with Crippen LogP contribution in [0.25, 0.3) is 5.57 Å². The molecule has 0 spiro atoms. The highest BCUT2D eigenvalue weighted by Crippen LogP contribution is 2.33. The van der Waals surface area contributed by atoms with E-state index in [1.165, 1.54) is 0 Å². The Hall–Kier alpha value is -3.13. The van der Waals surface area contributed by atoms with E-state index in [-0.39, 0.29) is 5.91 Å². The van der Waals surface area contributed by atoms with Crippen molar-refractivity contribution in [2.75, 3.05) is 18.9 Å². The summed E-state index contributed by atoms with van der Waals surface area (Å²) in [6, 6.07) is 10.4. The number of hydrogen-bond donors (Lipinski definition) is 1. The third-order valence-electron chi connectivity index (χ3n) is 4.94. The number of carbonyl (C=O) groups excluding carboxylic acids is 1. The molecule has 0 bridgehead atoms. The first kappa shape index (κ1) is 16.3. The normalized spacial score (nSPS) is 14.7. The molecule has 5 nitrogen and oxygen atoms in total. The van der Waals surface area contributed by atoms with Crippen LogP contribution in [-0.4, -0.2) is 29.4 Å². The van der Waals surface area contributed by atoms with Crippen LogP contribution in [0.3, 0.4) is 0 Å². The number of rotatable bonds is 4. The number of benzene rings is 1. The summed E-state index contributed by atoms with van der Waals surface area (Å²) < 4.78 is 0. The number of pyridine rings is 1. The second-order valence-corrected chi connectivity index (χ2v) is 6.78. The van der Waals surface area contributed by atoms with Gasteiger partial charge in [0.2, 0.25) is 0 Å². The summed E-state index contributed by atoms with van der Waals surface area (Å²) in [6.07, 6.45) is 3.35. The van der Waals surface area contributed by atoms with Crippen molar-refractivity contribution in [3.05, 3.63) is 64.0 Å². The van der Waals surface area contributed by atoms with Crippen LogP contribution in [0.2, 0.25) is 0 Å². The number of hydrogen-bond acceptors (Lipinski definition) is 4. The molecule has 2 aliphatic rings. The van der Waals surface area contributed by atoms with E-state index in [1.54, 1.807) is 4.90 Å². The maximum Gasteiger partial charge on any atom is 0.254 e. The smallest absolute Gasteiger partial charge is 0.254 e. The van der Waals surface area contributed by atoms with Crippen molar-refractivity contribution < 1.29 is 4.79 Å². The molecule has 1 aliphatic carbocycles. The van der Waals surface area contributed by atoms with Gasteiger partial charge >= 0.3 is 0 Å². The molecule has 0 saturated heterocycles. The summed E-state index contributed by atoms with van der Waals surface area (Å²) in [5.41, 5.74) is 7.59. The van der Waals surface area contributed by atoms with Crippen LogP contribution in [0.15, 0.2) is 30.3 Å². The van der Waals surface area contributed by atoms with E-state index < -0.39 is 0 Å². The molecule has 1 aromatic heterocycles. The molecule has 0 radical (unpaired) electrons. The third-order valence-corrected chi connectivity index (χ3v) is 4.94. The summed E-state index contributed by atoms with van der Waals surface area (Å²) >= 11 is 0. The Kier molecular flexibility index (Phi) is 3.96. The molecular weight excluding hydrogens is 324 g/mol. The van der Waals surface area contributed by atoms with Gasteiger partial charge in [0, 0.05) is 55.5 Å². The van der Waals surface area contributed by atoms with Gasteiger partial charge in [-0.2, -0.15) is 5.26 Å². The van der Waals surface area contributed by atoms with Crippen LogP contribution in [-0.2, 0) is 19.4 Å². The van der Waals surface area contributed by atoms with Gasteiger partial charge in [0.25, 0.3) is 5.91 Å². The number of allylic oxidation sites excluding steroid dienone is 2. The first-order chi connectivity index (χ1) is 12.6. The molecule has 1 amide bonds. The lowest BCUT2D eigenvalue weighted by molar-refractivity contribution is 0.0816. The molecule has 0 atom stereocenters. The Labute approximate surface area is 153 Å². The van der Waals surface area contributed by atoms with Crippen LogP contribution in [0.1, 0.15) is 45.4 Å². The summed E-state index contributed by atoms with van der Waals surface area (Å²) in [6.45, 7) is 3.50. The lowest BCUT2D eigenvalue weighted by Crippen LogP contribution is -2.17. The van der Waals surface area contributed by atoms with E-state index >= 15 is 0 Å². The van der Waals surface area contributed by atoms with Crippen molar-refractivity contribution in [3.8, 4) is 6.07 Å². The molecule has 0 unspecified atom stereocenters. The van der Waals surface area contributed by atoms with Crippen molar-refractivity contribution in [1.29, 1.82) is 5.26 Å². The van der Waals surface area contributed by atoms with Crippen LogP contribution in [0.5, 0.6) is 0 Å². The highest BCUT2D eigenvalue weighted by molar-refractivity contribution is 5.98. The van der Waals surface area contributed by atoms with Crippen molar-refractivity contribution in [2.24, 2.45) is 0 Å². The Morgan fingerprint density at radius 1 is 1.35 bits per heavy atom. The van der Waals surface area contributed by atoms with E-state index in [9.17, 15) is 10.1 Å². The standard InChI is InChI=1S/C21H20N4O/c1-3-23-19-10-16(24-18-7-5-14(11-22)20(18)19)9-13-4-6-17-15(8-13)12-25(2)21(17)26/h4-6,8,10H,3,7,9,12H2,1-2H3,(H,23,24). The van der Waals surface area contributed by atoms with E-state index in [2.05, 4.69) is 17.5 Å². The predicted octanol–water partition coefficient (Wildman–Crippen LogP) is 3.15. The Bertz CT molecular complexity index is 984. The maximum atomic E-state index is 12.0. The van der Waals surface area contributed by atoms with E-state index in [1.807, 2.05) is 38.2 Å². The Morgan fingerprint density at radius 2 is 2.19 bits per heavy atom. The van der Waals surface area contributed by atoms with Crippen LogP contribution >= 0.6 is 0 Å². The molecule has 1 N–H and O–H groups in total. The quantitative estimate of drug-likeness (QED) is 0.925. The Morgan fingerprint density at radius 3 is 2.96 bits per heavy atom. The first-order valence-electron chi connectivity index (χ1n) is 8.85. The van der Waals surface area contributed by atoms with E-state index in [0.29, 0.717) is 25.0 Å². The van der Waals surface area contributed by atoms with Gasteiger partial charge in [-0.15, -0.1) is 0 Å². The van der Waals surface area contributed by atoms with Crippen LogP contribution < -0.4 is 5.32 Å². The average molecular weight is 344 g/mol. The second-order valence-electron chi connectivity index (χ2n) is 6.78. The molecule has 0 fully saturated rings. The number of amides is 1. The van der Waals surface area contributed by atoms with Crippen molar-refractivity contribution >= 4 is 17.2 Å². The zero-order valence-electron chi connectivity index (χ0n) is 15.0. The number of nitrogens with zero attached hydrogens (tertiary/aromatic N) is 3. The van der Waals surface area contributed by atoms with Gasteiger partial charge in [-0.1, -0.05) is 18.2 Å². The van der Waals surface area contributed by atoms with Gasteiger partial charge in [-0.25, -0.2) is 0 Å². The molecule has 2 heterocycles. The largest absolute Gasteiger partial charge is 0.385 e. The van der Waals surface area contributed by atoms with Gasteiger partial charge in [0.05, 0.1) is 17.3 Å². The molecule has 4 rings (SSSR count). The maximum absolute atomic E-state index is 12.0. The molecule has 2 aromatic rings. The van der Waals surface area contributed by atoms with Gasteiger partial charge in [0.1, 0.15) is 0 Å². The summed E-state index contributed by atoms with van der Waals surface area (Å²) in [4.78, 5) is 18.6. The van der Waals surface area contributed by atoms with Gasteiger partial charge < -0.3 is 10.2 Å². The third kappa shape index (κ3) is 2.64. The number of nitrogens with one attached hydrogen (secondary N) is 1. The summed E-state index contributed by atoms with van der Waals surface area (Å²) in [5.74, 6) is 0.0896. The number of carbonyl (C=O) groups is 1. The van der Waals surface area contributed by atoms with Crippen LogP contribution in [0.4, 0.5) is 5.69 Å². The zero-order chi connectivity index (χ0) is 18.3. The predicted molar refractivity (Wildman–Crippen MR) is 101 cm³/mol. The lowest BCUT2D eigenvalue weighted by Gasteiger charge is -2.13. The summed E-state index contributed by atoms with van der Waals surface area (Å²) in [7, 11) is 1.83. The monoisotopic (exact) mass is 344 g/mol. The lowest BCUT2D eigenvalue weighted by atomic mass is 10.0. The van der Waals surface area contributed by atoms with Crippen LogP contribution in [0, 0.1) is 11.3 Å². The number of aromatic nitrogens is 1. The summed E-state index contributed by atoms with van der Waals surface area (Å²) in [5, 5.41) is 12.7. The zero-order valence-corrected chi connectivity index (χ0v) is 15.0. The number of nitriles is 1. The highest BCUT2D eigenvalue weighted by atomic mass is 16.2. The van der Waals surface area contributed by atoms with Gasteiger partial charge in [0.15, 0.2) is 0 Å². The fourth-order valence-corrected chi connectivity index (χ4v) is 3.77. The minimum atomic E-state index is 0.0896. The SMILES string of the molecule is CCNc1cc(Cc2ccc3c(c2)CN(C)C3=O)nc2c1C(C#N)=CC2. The van der Waals surface area contributed by atoms with Crippen molar-refractivity contribution in [3.63, 3.8) is 0 Å². The topological polar surface area (TPSA) is 69.0 Å². The fourth-order valence-electron chi connectivity index (χ4n) is 3.77. The molecule has 130 valence electrons. The number of anilines is 1.